The number of carboxylic acids is 1. The predicted molar refractivity (Wildman–Crippen MR) is 75.3 cm³/mol. The highest BCUT2D eigenvalue weighted by molar-refractivity contribution is 5.93. The van der Waals surface area contributed by atoms with Crippen LogP contribution >= 0.6 is 0 Å². The number of hydrogen-bond donors (Lipinski definition) is 2. The van der Waals surface area contributed by atoms with Crippen LogP contribution in [0.15, 0.2) is 42.5 Å². The van der Waals surface area contributed by atoms with E-state index in [4.69, 9.17) is 0 Å². The van der Waals surface area contributed by atoms with Crippen molar-refractivity contribution in [1.29, 1.82) is 0 Å². The number of carbonyl (C=O) groups is 1. The lowest BCUT2D eigenvalue weighted by molar-refractivity contribution is 0.0691. The molecule has 0 aliphatic rings. The highest BCUT2D eigenvalue weighted by Crippen LogP contribution is 2.27. The number of carboxylic acid groups (broad SMARTS) is 1. The van der Waals surface area contributed by atoms with Gasteiger partial charge >= 0.3 is 5.97 Å². The molecule has 0 atom stereocenters. The first-order valence-electron chi connectivity index (χ1n) is 6.41. The molecule has 2 aromatic carbocycles. The molecule has 1 aromatic heterocycles. The van der Waals surface area contributed by atoms with Crippen LogP contribution in [0, 0.1) is 11.6 Å². The Morgan fingerprint density at radius 3 is 2.35 bits per heavy atom. The standard InChI is InChI=1S/C15H9F2N3O3/c16-11-6-1-8(7-12(11)17)14-13(15(22)23)18-19-20(14)9-2-4-10(21)5-3-9/h1-7,21H,(H,22,23). The molecular formula is C15H9F2N3O3. The molecule has 0 spiro atoms. The second-order valence-corrected chi connectivity index (χ2v) is 4.65. The smallest absolute Gasteiger partial charge is 0.358 e. The third-order valence-electron chi connectivity index (χ3n) is 3.16. The first kappa shape index (κ1) is 14.6. The van der Waals surface area contributed by atoms with E-state index in [0.29, 0.717) is 5.69 Å². The maximum Gasteiger partial charge on any atom is 0.358 e. The van der Waals surface area contributed by atoms with E-state index >= 15 is 0 Å². The molecule has 0 unspecified atom stereocenters. The van der Waals surface area contributed by atoms with Crippen molar-refractivity contribution < 1.29 is 23.8 Å². The Morgan fingerprint density at radius 2 is 1.74 bits per heavy atom. The lowest BCUT2D eigenvalue weighted by Crippen LogP contribution is -2.03. The number of aromatic carboxylic acids is 1. The van der Waals surface area contributed by atoms with Crippen molar-refractivity contribution in [3.8, 4) is 22.7 Å². The van der Waals surface area contributed by atoms with Crippen LogP contribution in [-0.2, 0) is 0 Å². The molecule has 0 saturated heterocycles. The second kappa shape index (κ2) is 5.48. The molecule has 3 rings (SSSR count). The fourth-order valence-corrected chi connectivity index (χ4v) is 2.10. The highest BCUT2D eigenvalue weighted by Gasteiger charge is 2.22. The topological polar surface area (TPSA) is 88.2 Å². The summed E-state index contributed by atoms with van der Waals surface area (Å²) in [6.07, 6.45) is 0. The van der Waals surface area contributed by atoms with Gasteiger partial charge in [0.2, 0.25) is 0 Å². The number of nitrogens with zero attached hydrogens (tertiary/aromatic N) is 3. The summed E-state index contributed by atoms with van der Waals surface area (Å²) in [5.74, 6) is -3.50. The summed E-state index contributed by atoms with van der Waals surface area (Å²) < 4.78 is 27.8. The van der Waals surface area contributed by atoms with Gasteiger partial charge in [0.25, 0.3) is 0 Å². The van der Waals surface area contributed by atoms with Crippen molar-refractivity contribution in [2.24, 2.45) is 0 Å². The Hall–Kier alpha value is -3.29. The first-order chi connectivity index (χ1) is 11.0. The molecule has 0 fully saturated rings. The maximum absolute atomic E-state index is 13.5. The molecule has 116 valence electrons. The van der Waals surface area contributed by atoms with Gasteiger partial charge in [0.15, 0.2) is 17.3 Å². The third-order valence-corrected chi connectivity index (χ3v) is 3.16. The molecule has 0 radical (unpaired) electrons. The van der Waals surface area contributed by atoms with E-state index in [1.807, 2.05) is 0 Å². The van der Waals surface area contributed by atoms with Gasteiger partial charge in [-0.1, -0.05) is 5.21 Å². The zero-order chi connectivity index (χ0) is 16.6. The molecule has 0 aliphatic heterocycles. The molecule has 3 aromatic rings. The Balaban J connectivity index is 2.24. The summed E-state index contributed by atoms with van der Waals surface area (Å²) in [4.78, 5) is 11.3. The number of phenols is 1. The van der Waals surface area contributed by atoms with Crippen LogP contribution in [0.2, 0.25) is 0 Å². The number of aromatic nitrogens is 3. The Bertz CT molecular complexity index is 891. The van der Waals surface area contributed by atoms with Gasteiger partial charge in [0, 0.05) is 5.56 Å². The quantitative estimate of drug-likeness (QED) is 0.775. The normalized spacial score (nSPS) is 10.7. The molecule has 23 heavy (non-hydrogen) atoms. The predicted octanol–water partition coefficient (Wildman–Crippen LogP) is 2.62. The van der Waals surface area contributed by atoms with Crippen LogP contribution in [0.4, 0.5) is 8.78 Å². The van der Waals surface area contributed by atoms with Crippen LogP contribution in [0.1, 0.15) is 10.5 Å². The average molecular weight is 317 g/mol. The van der Waals surface area contributed by atoms with Crippen molar-refractivity contribution in [3.05, 3.63) is 59.8 Å². The third kappa shape index (κ3) is 2.61. The number of rotatable bonds is 3. The van der Waals surface area contributed by atoms with Gasteiger partial charge < -0.3 is 10.2 Å². The molecule has 0 aliphatic carbocycles. The van der Waals surface area contributed by atoms with Crippen molar-refractivity contribution >= 4 is 5.97 Å². The minimum absolute atomic E-state index is 0.00193. The van der Waals surface area contributed by atoms with Gasteiger partial charge in [0.1, 0.15) is 11.4 Å². The summed E-state index contributed by atoms with van der Waals surface area (Å²) in [6.45, 7) is 0. The minimum atomic E-state index is -1.35. The zero-order valence-corrected chi connectivity index (χ0v) is 11.4. The van der Waals surface area contributed by atoms with Gasteiger partial charge in [0.05, 0.1) is 5.69 Å². The minimum Gasteiger partial charge on any atom is -0.508 e. The molecule has 0 bridgehead atoms. The lowest BCUT2D eigenvalue weighted by atomic mass is 10.1. The molecule has 0 amide bonds. The molecule has 1 heterocycles. The van der Waals surface area contributed by atoms with E-state index < -0.39 is 23.3 Å². The maximum atomic E-state index is 13.5. The second-order valence-electron chi connectivity index (χ2n) is 4.65. The van der Waals surface area contributed by atoms with Gasteiger partial charge in [-0.2, -0.15) is 0 Å². The van der Waals surface area contributed by atoms with Gasteiger partial charge in [-0.05, 0) is 42.5 Å². The van der Waals surface area contributed by atoms with Gasteiger partial charge in [-0.3, -0.25) is 0 Å². The van der Waals surface area contributed by atoms with Gasteiger partial charge in [-0.25, -0.2) is 18.3 Å². The molecular weight excluding hydrogens is 308 g/mol. The van der Waals surface area contributed by atoms with Crippen LogP contribution in [0.5, 0.6) is 5.75 Å². The fourth-order valence-electron chi connectivity index (χ4n) is 2.10. The molecule has 2 N–H and O–H groups in total. The molecule has 0 saturated carbocycles. The average Bonchev–Trinajstić information content (AvgIpc) is 2.96. The van der Waals surface area contributed by atoms with Crippen LogP contribution < -0.4 is 0 Å². The summed E-state index contributed by atoms with van der Waals surface area (Å²) in [7, 11) is 0. The Kier molecular flexibility index (Phi) is 3.49. The van der Waals surface area contributed by atoms with Crippen molar-refractivity contribution in [1.82, 2.24) is 15.0 Å². The monoisotopic (exact) mass is 317 g/mol. The van der Waals surface area contributed by atoms with Crippen LogP contribution in [0.25, 0.3) is 16.9 Å². The summed E-state index contributed by atoms with van der Waals surface area (Å²) >= 11 is 0. The number of benzene rings is 2. The summed E-state index contributed by atoms with van der Waals surface area (Å²) in [5, 5.41) is 25.9. The van der Waals surface area contributed by atoms with E-state index in [2.05, 4.69) is 10.3 Å². The van der Waals surface area contributed by atoms with Crippen LogP contribution in [-0.4, -0.2) is 31.2 Å². The first-order valence-corrected chi connectivity index (χ1v) is 6.41. The van der Waals surface area contributed by atoms with Gasteiger partial charge in [-0.15, -0.1) is 5.10 Å². The summed E-state index contributed by atoms with van der Waals surface area (Å²) in [5.41, 5.74) is 0.119. The fraction of sp³-hybridized carbons (Fsp3) is 0. The van der Waals surface area contributed by atoms with E-state index in [0.717, 1.165) is 12.1 Å². The Labute approximate surface area is 128 Å². The Morgan fingerprint density at radius 1 is 1.04 bits per heavy atom. The molecule has 8 heteroatoms. The van der Waals surface area contributed by atoms with E-state index in [1.165, 1.54) is 35.0 Å². The van der Waals surface area contributed by atoms with Crippen molar-refractivity contribution in [3.63, 3.8) is 0 Å². The van der Waals surface area contributed by atoms with Crippen molar-refractivity contribution in [2.45, 2.75) is 0 Å². The number of aromatic hydroxyl groups is 1. The largest absolute Gasteiger partial charge is 0.508 e. The number of halogens is 2. The highest BCUT2D eigenvalue weighted by atomic mass is 19.2. The van der Waals surface area contributed by atoms with Crippen molar-refractivity contribution in [2.75, 3.05) is 0 Å². The van der Waals surface area contributed by atoms with E-state index in [9.17, 15) is 23.8 Å². The van der Waals surface area contributed by atoms with E-state index in [1.54, 1.807) is 0 Å². The van der Waals surface area contributed by atoms with E-state index in [-0.39, 0.29) is 17.0 Å². The zero-order valence-electron chi connectivity index (χ0n) is 11.4. The molecule has 6 nitrogen and oxygen atoms in total. The number of hydrogen-bond acceptors (Lipinski definition) is 4. The summed E-state index contributed by atoms with van der Waals surface area (Å²) in [6, 6.07) is 8.74. The number of phenolic OH excluding ortho intramolecular Hbond substituents is 1. The van der Waals surface area contributed by atoms with Crippen LogP contribution in [0.3, 0.4) is 0 Å². The SMILES string of the molecule is O=C(O)c1nnn(-c2ccc(O)cc2)c1-c1ccc(F)c(F)c1. The lowest BCUT2D eigenvalue weighted by Gasteiger charge is -2.08.